The van der Waals surface area contributed by atoms with Gasteiger partial charge in [-0.3, -0.25) is 4.79 Å². The molecule has 0 atom stereocenters. The van der Waals surface area contributed by atoms with Crippen LogP contribution >= 0.6 is 27.3 Å². The van der Waals surface area contributed by atoms with Crippen molar-refractivity contribution in [3.05, 3.63) is 29.1 Å². The first kappa shape index (κ1) is 12.4. The molecule has 5 heteroatoms. The highest BCUT2D eigenvalue weighted by atomic mass is 79.9. The van der Waals surface area contributed by atoms with Crippen molar-refractivity contribution in [1.82, 2.24) is 5.32 Å². The number of carbonyl (C=O) groups excluding carboxylic acids is 1. The average Bonchev–Trinajstić information content (AvgIpc) is 2.72. The summed E-state index contributed by atoms with van der Waals surface area (Å²) in [4.78, 5) is 11.1. The van der Waals surface area contributed by atoms with Gasteiger partial charge in [-0.2, -0.15) is 0 Å². The number of halogens is 1. The van der Waals surface area contributed by atoms with E-state index in [0.29, 0.717) is 11.9 Å². The highest BCUT2D eigenvalue weighted by Crippen LogP contribution is 2.29. The molecule has 2 aromatic rings. The minimum Gasteiger partial charge on any atom is -0.508 e. The first-order chi connectivity index (χ1) is 8.20. The Hall–Kier alpha value is -1.07. The molecule has 0 radical (unpaired) electrons. The lowest BCUT2D eigenvalue weighted by Crippen LogP contribution is -2.26. The molecule has 17 heavy (non-hydrogen) atoms. The fraction of sp³-hybridized carbons (Fsp3) is 0.250. The number of benzene rings is 1. The first-order valence-electron chi connectivity index (χ1n) is 5.22. The number of thiophene rings is 1. The van der Waals surface area contributed by atoms with Gasteiger partial charge in [-0.25, -0.2) is 0 Å². The Morgan fingerprint density at radius 3 is 3.06 bits per heavy atom. The molecule has 2 N–H and O–H groups in total. The Balaban J connectivity index is 2.08. The van der Waals surface area contributed by atoms with Crippen LogP contribution in [0, 0.1) is 0 Å². The normalized spacial score (nSPS) is 10.6. The maximum absolute atomic E-state index is 11.1. The molecule has 0 aliphatic heterocycles. The minimum absolute atomic E-state index is 0.00705. The number of phenols is 1. The third kappa shape index (κ3) is 2.98. The smallest absolute Gasteiger partial charge is 0.230 e. The van der Waals surface area contributed by atoms with Crippen LogP contribution in [0.2, 0.25) is 0 Å². The van der Waals surface area contributed by atoms with E-state index < -0.39 is 0 Å². The van der Waals surface area contributed by atoms with E-state index in [-0.39, 0.29) is 11.7 Å². The molecule has 0 aliphatic rings. The van der Waals surface area contributed by atoms with Crippen molar-refractivity contribution >= 4 is 43.3 Å². The van der Waals surface area contributed by atoms with Crippen LogP contribution in [0.5, 0.6) is 5.75 Å². The molecule has 1 aromatic carbocycles. The molecule has 0 spiro atoms. The van der Waals surface area contributed by atoms with Crippen LogP contribution in [0.25, 0.3) is 10.1 Å². The molecule has 3 nitrogen and oxygen atoms in total. The zero-order valence-electron chi connectivity index (χ0n) is 9.07. The Morgan fingerprint density at radius 2 is 2.29 bits per heavy atom. The van der Waals surface area contributed by atoms with Crippen molar-refractivity contribution in [3.8, 4) is 5.75 Å². The van der Waals surface area contributed by atoms with Crippen molar-refractivity contribution in [3.63, 3.8) is 0 Å². The SMILES string of the molecule is O=C(CBr)NCCc1csc2ccc(O)cc12. The number of nitrogens with one attached hydrogen (secondary N) is 1. The predicted molar refractivity (Wildman–Crippen MR) is 74.0 cm³/mol. The Morgan fingerprint density at radius 1 is 1.47 bits per heavy atom. The Bertz CT molecular complexity index is 538. The third-order valence-corrected chi connectivity index (χ3v) is 4.00. The van der Waals surface area contributed by atoms with Crippen LogP contribution in [0.3, 0.4) is 0 Å². The lowest BCUT2D eigenvalue weighted by atomic mass is 10.1. The van der Waals surface area contributed by atoms with Gasteiger partial charge < -0.3 is 10.4 Å². The van der Waals surface area contributed by atoms with Gasteiger partial charge in [0.2, 0.25) is 5.91 Å². The van der Waals surface area contributed by atoms with E-state index in [1.54, 1.807) is 23.5 Å². The summed E-state index contributed by atoms with van der Waals surface area (Å²) in [6.45, 7) is 0.617. The monoisotopic (exact) mass is 313 g/mol. The van der Waals surface area contributed by atoms with Gasteiger partial charge in [0.1, 0.15) is 5.75 Å². The zero-order chi connectivity index (χ0) is 12.3. The fourth-order valence-electron chi connectivity index (χ4n) is 1.65. The number of hydrogen-bond donors (Lipinski definition) is 2. The lowest BCUT2D eigenvalue weighted by Gasteiger charge is -2.02. The van der Waals surface area contributed by atoms with Gasteiger partial charge >= 0.3 is 0 Å². The summed E-state index contributed by atoms with van der Waals surface area (Å²) in [6.07, 6.45) is 0.780. The summed E-state index contributed by atoms with van der Waals surface area (Å²) in [6, 6.07) is 5.37. The van der Waals surface area contributed by atoms with Gasteiger partial charge in [0.25, 0.3) is 0 Å². The number of alkyl halides is 1. The quantitative estimate of drug-likeness (QED) is 0.853. The van der Waals surface area contributed by atoms with Gasteiger partial charge in [-0.05, 0) is 40.9 Å². The van der Waals surface area contributed by atoms with Crippen molar-refractivity contribution in [2.75, 3.05) is 11.9 Å². The molecule has 0 unspecified atom stereocenters. The van der Waals surface area contributed by atoms with Crippen molar-refractivity contribution in [1.29, 1.82) is 0 Å². The molecule has 0 saturated heterocycles. The van der Waals surface area contributed by atoms with Gasteiger partial charge in [-0.1, -0.05) is 15.9 Å². The van der Waals surface area contributed by atoms with Gasteiger partial charge in [0.15, 0.2) is 0 Å². The van der Waals surface area contributed by atoms with E-state index in [2.05, 4.69) is 26.6 Å². The van der Waals surface area contributed by atoms with Gasteiger partial charge in [0, 0.05) is 11.2 Å². The van der Waals surface area contributed by atoms with Crippen molar-refractivity contribution < 1.29 is 9.90 Å². The average molecular weight is 314 g/mol. The summed E-state index contributed by atoms with van der Waals surface area (Å²) in [5.41, 5.74) is 1.16. The number of phenolic OH excluding ortho intramolecular Hbond substituents is 1. The second kappa shape index (κ2) is 5.51. The molecule has 2 rings (SSSR count). The molecule has 0 saturated carbocycles. The summed E-state index contributed by atoms with van der Waals surface area (Å²) in [5.74, 6) is 0.272. The molecule has 0 aliphatic carbocycles. The molecular weight excluding hydrogens is 302 g/mol. The van der Waals surface area contributed by atoms with E-state index in [4.69, 9.17) is 0 Å². The summed E-state index contributed by atoms with van der Waals surface area (Å²) in [7, 11) is 0. The van der Waals surface area contributed by atoms with Gasteiger partial charge in [-0.15, -0.1) is 11.3 Å². The minimum atomic E-state index is -0.00705. The maximum atomic E-state index is 11.1. The number of rotatable bonds is 4. The van der Waals surface area contributed by atoms with E-state index in [1.165, 1.54) is 0 Å². The lowest BCUT2D eigenvalue weighted by molar-refractivity contribution is -0.118. The van der Waals surface area contributed by atoms with Crippen LogP contribution in [0.1, 0.15) is 5.56 Å². The number of amides is 1. The van der Waals surface area contributed by atoms with E-state index >= 15 is 0 Å². The largest absolute Gasteiger partial charge is 0.508 e. The number of aromatic hydroxyl groups is 1. The van der Waals surface area contributed by atoms with E-state index in [1.807, 2.05) is 6.07 Å². The van der Waals surface area contributed by atoms with Crippen LogP contribution < -0.4 is 5.32 Å². The summed E-state index contributed by atoms with van der Waals surface area (Å²) in [5, 5.41) is 15.7. The maximum Gasteiger partial charge on any atom is 0.230 e. The van der Waals surface area contributed by atoms with Crippen LogP contribution in [0.15, 0.2) is 23.6 Å². The zero-order valence-corrected chi connectivity index (χ0v) is 11.5. The molecule has 1 heterocycles. The van der Waals surface area contributed by atoms with Crippen molar-refractivity contribution in [2.24, 2.45) is 0 Å². The fourth-order valence-corrected chi connectivity index (χ4v) is 2.82. The highest BCUT2D eigenvalue weighted by Gasteiger charge is 2.05. The van der Waals surface area contributed by atoms with Crippen molar-refractivity contribution in [2.45, 2.75) is 6.42 Å². The van der Waals surface area contributed by atoms with Crippen LogP contribution in [-0.4, -0.2) is 22.9 Å². The second-order valence-corrected chi connectivity index (χ2v) is 5.15. The Labute approximate surface area is 112 Å². The Kier molecular flexibility index (Phi) is 4.02. The summed E-state index contributed by atoms with van der Waals surface area (Å²) >= 11 is 4.75. The molecule has 90 valence electrons. The summed E-state index contributed by atoms with van der Waals surface area (Å²) < 4.78 is 1.16. The van der Waals surface area contributed by atoms with E-state index in [0.717, 1.165) is 22.1 Å². The third-order valence-electron chi connectivity index (χ3n) is 2.48. The number of hydrogen-bond acceptors (Lipinski definition) is 3. The van der Waals surface area contributed by atoms with Gasteiger partial charge in [0.05, 0.1) is 5.33 Å². The first-order valence-corrected chi connectivity index (χ1v) is 7.22. The topological polar surface area (TPSA) is 49.3 Å². The molecule has 1 aromatic heterocycles. The molecular formula is C12H12BrNO2S. The highest BCUT2D eigenvalue weighted by molar-refractivity contribution is 9.09. The molecule has 1 amide bonds. The van der Waals surface area contributed by atoms with Crippen LogP contribution in [0.4, 0.5) is 0 Å². The number of fused-ring (bicyclic) bond motifs is 1. The predicted octanol–water partition coefficient (Wildman–Crippen LogP) is 2.66. The molecule has 0 bridgehead atoms. The van der Waals surface area contributed by atoms with Crippen LogP contribution in [-0.2, 0) is 11.2 Å². The standard InChI is InChI=1S/C12H12BrNO2S/c13-6-12(16)14-4-3-8-7-17-11-2-1-9(15)5-10(8)11/h1-2,5,7,15H,3-4,6H2,(H,14,16). The van der Waals surface area contributed by atoms with E-state index in [9.17, 15) is 9.90 Å². The number of carbonyl (C=O) groups is 1. The second-order valence-electron chi connectivity index (χ2n) is 3.67. The molecule has 0 fully saturated rings.